The Bertz CT molecular complexity index is 1440. The Morgan fingerprint density at radius 3 is 2.76 bits per heavy atom. The van der Waals surface area contributed by atoms with Gasteiger partial charge in [0, 0.05) is 36.4 Å². The topological polar surface area (TPSA) is 122 Å². The monoisotopic (exact) mass is 513 g/mol. The largest absolute Gasteiger partial charge is 0.504 e. The molecule has 4 atom stereocenters. The molecule has 2 aromatic rings. The van der Waals surface area contributed by atoms with Gasteiger partial charge in [-0.3, -0.25) is 24.6 Å². The van der Waals surface area contributed by atoms with Crippen LogP contribution in [0.4, 0.5) is 5.69 Å². The third-order valence-corrected chi connectivity index (χ3v) is 9.08. The van der Waals surface area contributed by atoms with Crippen LogP contribution in [0.25, 0.3) is 6.08 Å². The highest BCUT2D eigenvalue weighted by Crippen LogP contribution is 2.63. The number of aromatic hydroxyl groups is 1. The number of benzene rings is 2. The molecule has 9 heteroatoms. The standard InChI is InChI=1S/C29H27N3O6/c33-21-9-6-19-15-23-29(30-24(35)10-5-17-3-7-20(8-4-17)32(36)37)12-11-22(34)27-28(29,25(19)26(21)38-27)13-14-31(23)16-18-1-2-18/h3-12,18,23,27,33H,1-2,13-16H2,(H,30,35)/b10-5+/t23?,27-,28?,29+/m0/s1. The van der Waals surface area contributed by atoms with Crippen LogP contribution in [-0.4, -0.2) is 57.4 Å². The normalized spacial score (nSPS) is 30.7. The first-order chi connectivity index (χ1) is 18.3. The van der Waals surface area contributed by atoms with Crippen LogP contribution in [-0.2, 0) is 21.4 Å². The maximum atomic E-state index is 13.5. The highest BCUT2D eigenvalue weighted by Gasteiger charge is 2.72. The summed E-state index contributed by atoms with van der Waals surface area (Å²) in [5, 5.41) is 25.0. The molecule has 0 radical (unpaired) electrons. The molecule has 2 fully saturated rings. The minimum Gasteiger partial charge on any atom is -0.504 e. The molecule has 1 saturated carbocycles. The summed E-state index contributed by atoms with van der Waals surface area (Å²) in [7, 11) is 0. The number of rotatable bonds is 6. The van der Waals surface area contributed by atoms with Crippen molar-refractivity contribution < 1.29 is 24.4 Å². The average molecular weight is 514 g/mol. The number of hydrogen-bond acceptors (Lipinski definition) is 7. The maximum Gasteiger partial charge on any atom is 0.269 e. The van der Waals surface area contributed by atoms with Crippen molar-refractivity contribution in [1.82, 2.24) is 10.2 Å². The fourth-order valence-electron chi connectivity index (χ4n) is 7.26. The molecule has 38 heavy (non-hydrogen) atoms. The number of carbonyl (C=O) groups excluding carboxylic acids is 2. The first-order valence-corrected chi connectivity index (χ1v) is 13.1. The number of ketones is 1. The fourth-order valence-corrected chi connectivity index (χ4v) is 7.26. The average Bonchev–Trinajstić information content (AvgIpc) is 3.65. The van der Waals surface area contributed by atoms with Gasteiger partial charge in [-0.25, -0.2) is 0 Å². The van der Waals surface area contributed by atoms with Gasteiger partial charge >= 0.3 is 0 Å². The molecule has 2 aliphatic heterocycles. The second-order valence-electron chi connectivity index (χ2n) is 11.1. The van der Waals surface area contributed by atoms with Crippen molar-refractivity contribution in [3.05, 3.63) is 81.4 Å². The van der Waals surface area contributed by atoms with Gasteiger partial charge in [0.1, 0.15) is 0 Å². The number of nitro groups is 1. The van der Waals surface area contributed by atoms with E-state index in [2.05, 4.69) is 10.2 Å². The predicted molar refractivity (Wildman–Crippen MR) is 138 cm³/mol. The van der Waals surface area contributed by atoms with Gasteiger partial charge in [0.05, 0.1) is 15.9 Å². The summed E-state index contributed by atoms with van der Waals surface area (Å²) in [5.74, 6) is 0.543. The van der Waals surface area contributed by atoms with Gasteiger partial charge in [0.2, 0.25) is 5.91 Å². The number of phenols is 1. The van der Waals surface area contributed by atoms with E-state index in [0.717, 1.165) is 24.2 Å². The number of nitro benzene ring substituents is 1. The van der Waals surface area contributed by atoms with Crippen LogP contribution in [0.2, 0.25) is 0 Å². The van der Waals surface area contributed by atoms with Crippen LogP contribution in [0.1, 0.15) is 36.0 Å². The third-order valence-electron chi connectivity index (χ3n) is 9.08. The smallest absolute Gasteiger partial charge is 0.269 e. The van der Waals surface area contributed by atoms with E-state index < -0.39 is 22.0 Å². The molecule has 0 aromatic heterocycles. The molecule has 1 spiro atoms. The zero-order valence-corrected chi connectivity index (χ0v) is 20.6. The zero-order chi connectivity index (χ0) is 26.2. The lowest BCUT2D eigenvalue weighted by atomic mass is 9.49. The molecule has 2 aromatic carbocycles. The van der Waals surface area contributed by atoms with Gasteiger partial charge in [-0.15, -0.1) is 0 Å². The lowest BCUT2D eigenvalue weighted by Gasteiger charge is -2.63. The van der Waals surface area contributed by atoms with E-state index in [1.54, 1.807) is 24.3 Å². The number of likely N-dealkylation sites (tertiary alicyclic amines) is 1. The van der Waals surface area contributed by atoms with E-state index in [1.165, 1.54) is 37.1 Å². The summed E-state index contributed by atoms with van der Waals surface area (Å²) in [6.07, 6.45) is 9.34. The molecule has 7 rings (SSSR count). The van der Waals surface area contributed by atoms with Crippen LogP contribution in [0, 0.1) is 16.0 Å². The van der Waals surface area contributed by atoms with Crippen molar-refractivity contribution in [2.75, 3.05) is 13.1 Å². The fraction of sp³-hybridized carbons (Fsp3) is 0.379. The molecule has 2 N–H and O–H groups in total. The number of non-ortho nitro benzene ring substituents is 1. The van der Waals surface area contributed by atoms with Gasteiger partial charge < -0.3 is 15.2 Å². The first-order valence-electron chi connectivity index (χ1n) is 13.1. The zero-order valence-electron chi connectivity index (χ0n) is 20.6. The van der Waals surface area contributed by atoms with E-state index in [-0.39, 0.29) is 29.2 Å². The third kappa shape index (κ3) is 3.14. The minimum atomic E-state index is -0.901. The van der Waals surface area contributed by atoms with Crippen LogP contribution >= 0.6 is 0 Å². The Kier molecular flexibility index (Phi) is 4.88. The number of carbonyl (C=O) groups is 2. The number of nitrogens with zero attached hydrogens (tertiary/aromatic N) is 2. The number of piperidine rings is 1. The lowest BCUT2D eigenvalue weighted by Crippen LogP contribution is -2.80. The maximum absolute atomic E-state index is 13.5. The highest BCUT2D eigenvalue weighted by molar-refractivity contribution is 6.00. The van der Waals surface area contributed by atoms with Crippen molar-refractivity contribution in [3.63, 3.8) is 0 Å². The Morgan fingerprint density at radius 2 is 2.03 bits per heavy atom. The van der Waals surface area contributed by atoms with Gasteiger partial charge in [-0.2, -0.15) is 0 Å². The molecule has 2 heterocycles. The van der Waals surface area contributed by atoms with Crippen LogP contribution in [0.5, 0.6) is 11.5 Å². The number of phenolic OH excluding ortho intramolecular Hbond substituents is 1. The SMILES string of the molecule is O=C(/C=C/c1ccc([N+](=O)[O-])cc1)N[C@@]12C=CC(=O)[C@@H]3Oc4c(O)ccc5c4C31CCN(CC1CC1)C2C5. The van der Waals surface area contributed by atoms with Crippen molar-refractivity contribution in [2.45, 2.75) is 48.8 Å². The van der Waals surface area contributed by atoms with Crippen LogP contribution in [0.15, 0.2) is 54.6 Å². The summed E-state index contributed by atoms with van der Waals surface area (Å²) < 4.78 is 6.22. The van der Waals surface area contributed by atoms with Crippen LogP contribution < -0.4 is 10.1 Å². The summed E-state index contributed by atoms with van der Waals surface area (Å²) in [6, 6.07) is 9.48. The Labute approximate surface area is 218 Å². The first kappa shape index (κ1) is 23.2. The number of ether oxygens (including phenoxy) is 1. The van der Waals surface area contributed by atoms with Crippen molar-refractivity contribution >= 4 is 23.5 Å². The summed E-state index contributed by atoms with van der Waals surface area (Å²) in [5.41, 5.74) is 0.832. The highest BCUT2D eigenvalue weighted by atomic mass is 16.6. The molecule has 9 nitrogen and oxygen atoms in total. The molecular formula is C29H27N3O6. The molecule has 3 aliphatic carbocycles. The van der Waals surface area contributed by atoms with Crippen molar-refractivity contribution in [2.24, 2.45) is 5.92 Å². The second kappa shape index (κ2) is 8.01. The minimum absolute atomic E-state index is 0.0116. The summed E-state index contributed by atoms with van der Waals surface area (Å²) in [6.45, 7) is 1.73. The quantitative estimate of drug-likeness (QED) is 0.346. The molecular weight excluding hydrogens is 486 g/mol. The Morgan fingerprint density at radius 1 is 1.24 bits per heavy atom. The van der Waals surface area contributed by atoms with E-state index in [0.29, 0.717) is 30.1 Å². The molecule has 5 aliphatic rings. The van der Waals surface area contributed by atoms with Crippen LogP contribution in [0.3, 0.4) is 0 Å². The van der Waals surface area contributed by atoms with E-state index >= 15 is 0 Å². The van der Waals surface area contributed by atoms with E-state index in [1.807, 2.05) is 12.1 Å². The number of hydrogen-bond donors (Lipinski definition) is 2. The van der Waals surface area contributed by atoms with Gasteiger partial charge in [0.15, 0.2) is 23.4 Å². The van der Waals surface area contributed by atoms with Crippen molar-refractivity contribution in [1.29, 1.82) is 0 Å². The molecule has 1 saturated heterocycles. The number of nitrogens with one attached hydrogen (secondary N) is 1. The van der Waals surface area contributed by atoms with Gasteiger partial charge in [-0.05, 0) is 79.6 Å². The molecule has 194 valence electrons. The Balaban J connectivity index is 1.30. The van der Waals surface area contributed by atoms with Gasteiger partial charge in [0.25, 0.3) is 5.69 Å². The van der Waals surface area contributed by atoms with E-state index in [4.69, 9.17) is 4.74 Å². The molecule has 2 bridgehead atoms. The Hall–Kier alpha value is -3.98. The summed E-state index contributed by atoms with van der Waals surface area (Å²) >= 11 is 0. The van der Waals surface area contributed by atoms with Gasteiger partial charge in [-0.1, -0.05) is 12.1 Å². The van der Waals surface area contributed by atoms with E-state index in [9.17, 15) is 24.8 Å². The van der Waals surface area contributed by atoms with Crippen molar-refractivity contribution in [3.8, 4) is 11.5 Å². The lowest BCUT2D eigenvalue weighted by molar-refractivity contribution is -0.384. The predicted octanol–water partition coefficient (Wildman–Crippen LogP) is 3.05. The number of amides is 1. The summed E-state index contributed by atoms with van der Waals surface area (Å²) in [4.78, 5) is 39.7. The molecule has 1 amide bonds. The molecule has 2 unspecified atom stereocenters. The second-order valence-corrected chi connectivity index (χ2v) is 11.1.